The molecule has 3 heteroatoms. The first kappa shape index (κ1) is 14.3. The number of nitrogens with one attached hydrogen (secondary N) is 1. The lowest BCUT2D eigenvalue weighted by atomic mass is 9.89. The highest BCUT2D eigenvalue weighted by Crippen LogP contribution is 2.30. The smallest absolute Gasteiger partial charge is 0.0468 e. The largest absolute Gasteiger partial charge is 0.381 e. The fraction of sp³-hybridized carbons (Fsp3) is 0.600. The first-order valence-corrected chi connectivity index (χ1v) is 7.80. The summed E-state index contributed by atoms with van der Waals surface area (Å²) in [5, 5.41) is 3.49. The van der Waals surface area contributed by atoms with Crippen LogP contribution in [-0.4, -0.2) is 20.3 Å². The summed E-state index contributed by atoms with van der Waals surface area (Å²) >= 11 is 2.47. The molecule has 1 heterocycles. The number of hydrogen-bond donors (Lipinski definition) is 1. The quantitative estimate of drug-likeness (QED) is 0.829. The van der Waals surface area contributed by atoms with Gasteiger partial charge in [0.05, 0.1) is 0 Å². The molecule has 0 amide bonds. The monoisotopic (exact) mass is 359 g/mol. The van der Waals surface area contributed by atoms with Crippen molar-refractivity contribution in [1.82, 2.24) is 5.32 Å². The third-order valence-electron chi connectivity index (χ3n) is 3.86. The van der Waals surface area contributed by atoms with Gasteiger partial charge in [-0.2, -0.15) is 0 Å². The van der Waals surface area contributed by atoms with Crippen molar-refractivity contribution in [3.05, 3.63) is 32.9 Å². The first-order valence-electron chi connectivity index (χ1n) is 6.72. The van der Waals surface area contributed by atoms with Crippen LogP contribution in [-0.2, 0) is 4.74 Å². The van der Waals surface area contributed by atoms with Crippen molar-refractivity contribution in [2.24, 2.45) is 5.92 Å². The van der Waals surface area contributed by atoms with Crippen molar-refractivity contribution < 1.29 is 4.74 Å². The van der Waals surface area contributed by atoms with Crippen LogP contribution < -0.4 is 5.32 Å². The molecule has 0 aromatic heterocycles. The number of ether oxygens (including phenoxy) is 1. The van der Waals surface area contributed by atoms with Crippen LogP contribution in [0.4, 0.5) is 0 Å². The summed E-state index contributed by atoms with van der Waals surface area (Å²) in [6.07, 6.45) is 3.64. The van der Waals surface area contributed by atoms with Crippen molar-refractivity contribution in [2.45, 2.75) is 32.2 Å². The minimum Gasteiger partial charge on any atom is -0.381 e. The Labute approximate surface area is 124 Å². The molecule has 2 nitrogen and oxygen atoms in total. The van der Waals surface area contributed by atoms with Crippen LogP contribution >= 0.6 is 22.6 Å². The average Bonchev–Trinajstić information content (AvgIpc) is 2.41. The summed E-state index contributed by atoms with van der Waals surface area (Å²) < 4.78 is 6.85. The second kappa shape index (κ2) is 6.87. The van der Waals surface area contributed by atoms with Crippen molar-refractivity contribution in [3.8, 4) is 0 Å². The SMILES string of the molecule is CNC(CC1CCOCC1)c1cccc(C)c1I. The molecule has 1 aliphatic heterocycles. The van der Waals surface area contributed by atoms with E-state index < -0.39 is 0 Å². The zero-order chi connectivity index (χ0) is 13.0. The van der Waals surface area contributed by atoms with E-state index in [9.17, 15) is 0 Å². The third-order valence-corrected chi connectivity index (χ3v) is 5.33. The zero-order valence-corrected chi connectivity index (χ0v) is 13.4. The van der Waals surface area contributed by atoms with E-state index in [1.54, 1.807) is 0 Å². The molecule has 1 aliphatic rings. The maximum Gasteiger partial charge on any atom is 0.0468 e. The standard InChI is InChI=1S/C15H22INO/c1-11-4-3-5-13(15(11)16)14(17-2)10-12-6-8-18-9-7-12/h3-5,12,14,17H,6-10H2,1-2H3. The Morgan fingerprint density at radius 3 is 2.78 bits per heavy atom. The Kier molecular flexibility index (Phi) is 5.45. The fourth-order valence-electron chi connectivity index (χ4n) is 2.65. The zero-order valence-electron chi connectivity index (χ0n) is 11.2. The van der Waals surface area contributed by atoms with Crippen LogP contribution in [0, 0.1) is 16.4 Å². The lowest BCUT2D eigenvalue weighted by molar-refractivity contribution is 0.0607. The Hall–Kier alpha value is -0.130. The molecule has 1 fully saturated rings. The Morgan fingerprint density at radius 2 is 2.11 bits per heavy atom. The van der Waals surface area contributed by atoms with E-state index in [1.165, 1.54) is 34.0 Å². The molecule has 0 aliphatic carbocycles. The molecule has 0 saturated carbocycles. The maximum absolute atomic E-state index is 5.44. The molecular weight excluding hydrogens is 337 g/mol. The van der Waals surface area contributed by atoms with Crippen molar-refractivity contribution in [3.63, 3.8) is 0 Å². The predicted molar refractivity (Wildman–Crippen MR) is 83.9 cm³/mol. The van der Waals surface area contributed by atoms with Crippen LogP contribution in [0.2, 0.25) is 0 Å². The lowest BCUT2D eigenvalue weighted by Crippen LogP contribution is -2.24. The summed E-state index contributed by atoms with van der Waals surface area (Å²) in [7, 11) is 2.07. The van der Waals surface area contributed by atoms with Crippen molar-refractivity contribution in [2.75, 3.05) is 20.3 Å². The summed E-state index contributed by atoms with van der Waals surface area (Å²) in [5.41, 5.74) is 2.82. The highest BCUT2D eigenvalue weighted by atomic mass is 127. The Balaban J connectivity index is 2.09. The number of hydrogen-bond acceptors (Lipinski definition) is 2. The molecule has 1 N–H and O–H groups in total. The molecule has 100 valence electrons. The van der Waals surface area contributed by atoms with Gasteiger partial charge in [-0.15, -0.1) is 0 Å². The summed E-state index contributed by atoms with van der Waals surface area (Å²) in [6.45, 7) is 4.06. The van der Waals surface area contributed by atoms with Gasteiger partial charge >= 0.3 is 0 Å². The molecule has 1 unspecified atom stereocenters. The number of benzene rings is 1. The minimum atomic E-state index is 0.472. The second-order valence-corrected chi connectivity index (χ2v) is 6.19. The van der Waals surface area contributed by atoms with E-state index in [0.29, 0.717) is 6.04 Å². The summed E-state index contributed by atoms with van der Waals surface area (Å²) in [5.74, 6) is 0.799. The van der Waals surface area contributed by atoms with Crippen LogP contribution in [0.3, 0.4) is 0 Å². The van der Waals surface area contributed by atoms with Gasteiger partial charge in [0.1, 0.15) is 0 Å². The summed E-state index contributed by atoms with van der Waals surface area (Å²) in [4.78, 5) is 0. The van der Waals surface area contributed by atoms with Crippen molar-refractivity contribution in [1.29, 1.82) is 0 Å². The third kappa shape index (κ3) is 3.45. The maximum atomic E-state index is 5.44. The first-order chi connectivity index (χ1) is 8.72. The van der Waals surface area contributed by atoms with Gasteiger partial charge in [-0.3, -0.25) is 0 Å². The van der Waals surface area contributed by atoms with E-state index in [2.05, 4.69) is 60.1 Å². The average molecular weight is 359 g/mol. The number of rotatable bonds is 4. The Bertz CT molecular complexity index is 388. The molecule has 1 aromatic rings. The second-order valence-electron chi connectivity index (χ2n) is 5.11. The van der Waals surface area contributed by atoms with Gasteiger partial charge in [-0.1, -0.05) is 18.2 Å². The highest BCUT2D eigenvalue weighted by Gasteiger charge is 2.21. The molecule has 0 radical (unpaired) electrons. The van der Waals surface area contributed by atoms with Gasteiger partial charge in [0.2, 0.25) is 0 Å². The van der Waals surface area contributed by atoms with Crippen LogP contribution in [0.1, 0.15) is 36.4 Å². The van der Waals surface area contributed by atoms with Gasteiger partial charge in [0, 0.05) is 22.8 Å². The van der Waals surface area contributed by atoms with E-state index in [1.807, 2.05) is 0 Å². The van der Waals surface area contributed by atoms with Gasteiger partial charge in [0.25, 0.3) is 0 Å². The Morgan fingerprint density at radius 1 is 1.39 bits per heavy atom. The number of halogens is 1. The van der Waals surface area contributed by atoms with E-state index in [-0.39, 0.29) is 0 Å². The van der Waals surface area contributed by atoms with E-state index in [4.69, 9.17) is 4.74 Å². The predicted octanol–water partition coefficient (Wildman–Crippen LogP) is 3.68. The fourth-order valence-corrected chi connectivity index (χ4v) is 3.39. The summed E-state index contributed by atoms with van der Waals surface area (Å²) in [6, 6.07) is 7.09. The molecule has 0 bridgehead atoms. The van der Waals surface area contributed by atoms with Crippen LogP contribution in [0.25, 0.3) is 0 Å². The van der Waals surface area contributed by atoms with Gasteiger partial charge < -0.3 is 10.1 Å². The van der Waals surface area contributed by atoms with E-state index in [0.717, 1.165) is 19.1 Å². The van der Waals surface area contributed by atoms with Gasteiger partial charge in [-0.25, -0.2) is 0 Å². The number of aryl methyl sites for hydroxylation is 1. The highest BCUT2D eigenvalue weighted by molar-refractivity contribution is 14.1. The molecule has 0 spiro atoms. The van der Waals surface area contributed by atoms with Gasteiger partial charge in [0.15, 0.2) is 0 Å². The molecule has 1 aromatic carbocycles. The molecule has 1 atom stereocenters. The van der Waals surface area contributed by atoms with Crippen LogP contribution in [0.5, 0.6) is 0 Å². The van der Waals surface area contributed by atoms with E-state index >= 15 is 0 Å². The minimum absolute atomic E-state index is 0.472. The molecule has 2 rings (SSSR count). The lowest BCUT2D eigenvalue weighted by Gasteiger charge is -2.27. The molecule has 1 saturated heterocycles. The van der Waals surface area contributed by atoms with Crippen LogP contribution in [0.15, 0.2) is 18.2 Å². The molecule has 18 heavy (non-hydrogen) atoms. The topological polar surface area (TPSA) is 21.3 Å². The normalized spacial score (nSPS) is 18.8. The van der Waals surface area contributed by atoms with Gasteiger partial charge in [-0.05, 0) is 72.9 Å². The molecular formula is C15H22INO. The van der Waals surface area contributed by atoms with Crippen molar-refractivity contribution >= 4 is 22.6 Å².